The minimum Gasteiger partial charge on any atom is -0.321 e. The minimum atomic E-state index is -0.556. The molecule has 2 amide bonds. The molecule has 0 atom stereocenters. The number of benzene rings is 3. The summed E-state index contributed by atoms with van der Waals surface area (Å²) in [6.45, 7) is 0. The van der Waals surface area contributed by atoms with Gasteiger partial charge in [0.05, 0.1) is 10.6 Å². The highest BCUT2D eigenvalue weighted by atomic mass is 79.9. The van der Waals surface area contributed by atoms with Crippen LogP contribution in [0.1, 0.15) is 15.9 Å². The van der Waals surface area contributed by atoms with Crippen LogP contribution in [0.5, 0.6) is 0 Å². The molecule has 0 spiro atoms. The second-order valence-electron chi connectivity index (χ2n) is 6.00. The van der Waals surface area contributed by atoms with Crippen molar-refractivity contribution in [3.63, 3.8) is 0 Å². The fourth-order valence-electron chi connectivity index (χ4n) is 2.45. The van der Waals surface area contributed by atoms with Gasteiger partial charge in [-0.1, -0.05) is 51.8 Å². The first-order valence-electron chi connectivity index (χ1n) is 8.52. The maximum atomic E-state index is 13.1. The maximum Gasteiger partial charge on any atom is 0.272 e. The molecule has 0 saturated carbocycles. The molecule has 0 aliphatic rings. The van der Waals surface area contributed by atoms with Crippen LogP contribution in [-0.4, -0.2) is 11.8 Å². The first-order chi connectivity index (χ1) is 13.9. The quantitative estimate of drug-likeness (QED) is 0.470. The lowest BCUT2D eigenvalue weighted by Crippen LogP contribution is -2.30. The highest BCUT2D eigenvalue weighted by Crippen LogP contribution is 2.17. The van der Waals surface area contributed by atoms with Gasteiger partial charge in [-0.15, -0.1) is 0 Å². The number of hydrogen-bond acceptors (Lipinski definition) is 2. The molecule has 3 aromatic carbocycles. The molecular weight excluding hydrogens is 459 g/mol. The van der Waals surface area contributed by atoms with E-state index in [1.807, 2.05) is 12.1 Å². The van der Waals surface area contributed by atoms with Gasteiger partial charge in [0.15, 0.2) is 0 Å². The largest absolute Gasteiger partial charge is 0.321 e. The molecule has 29 heavy (non-hydrogen) atoms. The van der Waals surface area contributed by atoms with Gasteiger partial charge in [-0.2, -0.15) is 0 Å². The zero-order valence-corrected chi connectivity index (χ0v) is 17.3. The highest BCUT2D eigenvalue weighted by molar-refractivity contribution is 9.10. The third-order valence-electron chi connectivity index (χ3n) is 3.89. The summed E-state index contributed by atoms with van der Waals surface area (Å²) in [5.74, 6) is -1.49. The Morgan fingerprint density at radius 1 is 0.931 bits per heavy atom. The van der Waals surface area contributed by atoms with Crippen LogP contribution in [0.15, 0.2) is 83.0 Å². The van der Waals surface area contributed by atoms with E-state index in [1.165, 1.54) is 24.3 Å². The summed E-state index contributed by atoms with van der Waals surface area (Å²) in [5, 5.41) is 5.52. The van der Waals surface area contributed by atoms with Gasteiger partial charge in [-0.3, -0.25) is 9.59 Å². The second kappa shape index (κ2) is 9.49. The monoisotopic (exact) mass is 472 g/mol. The number of halogens is 3. The van der Waals surface area contributed by atoms with Crippen molar-refractivity contribution < 1.29 is 14.0 Å². The van der Waals surface area contributed by atoms with E-state index in [0.29, 0.717) is 11.3 Å². The van der Waals surface area contributed by atoms with Gasteiger partial charge in [0.2, 0.25) is 0 Å². The summed E-state index contributed by atoms with van der Waals surface area (Å²) in [4.78, 5) is 25.4. The van der Waals surface area contributed by atoms with Gasteiger partial charge in [0.1, 0.15) is 11.5 Å². The number of anilines is 1. The van der Waals surface area contributed by atoms with Gasteiger partial charge in [0.25, 0.3) is 11.8 Å². The number of nitrogens with one attached hydrogen (secondary N) is 2. The Bertz CT molecular complexity index is 1070. The lowest BCUT2D eigenvalue weighted by Gasteiger charge is -2.12. The Balaban J connectivity index is 1.89. The van der Waals surface area contributed by atoms with Gasteiger partial charge in [-0.05, 0) is 60.2 Å². The molecule has 146 valence electrons. The normalized spacial score (nSPS) is 11.1. The van der Waals surface area contributed by atoms with Crippen LogP contribution in [0.25, 0.3) is 6.08 Å². The Kier molecular flexibility index (Phi) is 6.80. The number of rotatable bonds is 5. The molecule has 0 fully saturated rings. The summed E-state index contributed by atoms with van der Waals surface area (Å²) in [6.07, 6.45) is 1.54. The predicted octanol–water partition coefficient (Wildman–Crippen LogP) is 5.65. The average molecular weight is 474 g/mol. The van der Waals surface area contributed by atoms with Crippen molar-refractivity contribution in [1.29, 1.82) is 0 Å². The molecule has 3 aromatic rings. The van der Waals surface area contributed by atoms with Crippen LogP contribution in [0, 0.1) is 5.82 Å². The Morgan fingerprint density at radius 2 is 1.59 bits per heavy atom. The first-order valence-corrected chi connectivity index (χ1v) is 9.69. The van der Waals surface area contributed by atoms with Crippen molar-refractivity contribution >= 4 is 51.1 Å². The highest BCUT2D eigenvalue weighted by Gasteiger charge is 2.17. The number of carbonyl (C=O) groups excluding carboxylic acids is 2. The molecule has 0 saturated heterocycles. The fraction of sp³-hybridized carbons (Fsp3) is 0. The molecule has 0 unspecified atom stereocenters. The van der Waals surface area contributed by atoms with E-state index in [1.54, 1.807) is 42.5 Å². The van der Waals surface area contributed by atoms with Gasteiger partial charge < -0.3 is 10.6 Å². The van der Waals surface area contributed by atoms with Crippen LogP contribution < -0.4 is 10.6 Å². The lowest BCUT2D eigenvalue weighted by molar-refractivity contribution is -0.113. The van der Waals surface area contributed by atoms with Crippen molar-refractivity contribution in [2.45, 2.75) is 0 Å². The van der Waals surface area contributed by atoms with E-state index < -0.39 is 17.6 Å². The Morgan fingerprint density at radius 3 is 2.24 bits per heavy atom. The molecule has 0 aromatic heterocycles. The van der Waals surface area contributed by atoms with Crippen LogP contribution >= 0.6 is 27.5 Å². The smallest absolute Gasteiger partial charge is 0.272 e. The summed E-state index contributed by atoms with van der Waals surface area (Å²) < 4.78 is 14.0. The fourth-order valence-corrected chi connectivity index (χ4v) is 2.94. The Hall–Kier alpha value is -2.96. The van der Waals surface area contributed by atoms with Crippen LogP contribution in [0.3, 0.4) is 0 Å². The summed E-state index contributed by atoms with van der Waals surface area (Å²) >= 11 is 9.44. The van der Waals surface area contributed by atoms with E-state index in [9.17, 15) is 14.0 Å². The van der Waals surface area contributed by atoms with Crippen molar-refractivity contribution in [3.05, 3.63) is 105 Å². The van der Waals surface area contributed by atoms with Gasteiger partial charge in [0, 0.05) is 10.2 Å². The summed E-state index contributed by atoms with van der Waals surface area (Å²) in [7, 11) is 0. The topological polar surface area (TPSA) is 58.2 Å². The molecular formula is C22H15BrClFN2O2. The van der Waals surface area contributed by atoms with Crippen LogP contribution in [0.2, 0.25) is 5.02 Å². The van der Waals surface area contributed by atoms with Crippen molar-refractivity contribution in [3.8, 4) is 0 Å². The van der Waals surface area contributed by atoms with Gasteiger partial charge in [-0.25, -0.2) is 4.39 Å². The molecule has 4 nitrogen and oxygen atoms in total. The van der Waals surface area contributed by atoms with Crippen molar-refractivity contribution in [2.75, 3.05) is 5.32 Å². The van der Waals surface area contributed by atoms with Crippen LogP contribution in [-0.2, 0) is 4.79 Å². The minimum absolute atomic E-state index is 0.0153. The van der Waals surface area contributed by atoms with Crippen molar-refractivity contribution in [2.24, 2.45) is 0 Å². The molecule has 7 heteroatoms. The number of hydrogen-bond donors (Lipinski definition) is 2. The van der Waals surface area contributed by atoms with E-state index in [-0.39, 0.29) is 16.3 Å². The molecule has 2 N–H and O–H groups in total. The SMILES string of the molecule is O=C(Nc1ccc(F)cc1)/C(=C/c1ccc(Br)cc1)NC(=O)c1ccccc1Cl. The van der Waals surface area contributed by atoms with Crippen molar-refractivity contribution in [1.82, 2.24) is 5.32 Å². The number of carbonyl (C=O) groups is 2. The maximum absolute atomic E-state index is 13.1. The van der Waals surface area contributed by atoms with E-state index in [2.05, 4.69) is 26.6 Å². The molecule has 3 rings (SSSR count). The zero-order chi connectivity index (χ0) is 20.8. The van der Waals surface area contributed by atoms with E-state index in [0.717, 1.165) is 4.47 Å². The standard InChI is InChI=1S/C22H15BrClFN2O2/c23-15-7-5-14(6-8-15)13-20(22(29)26-17-11-9-16(25)10-12-17)27-21(28)18-3-1-2-4-19(18)24/h1-13H,(H,26,29)(H,27,28)/b20-13-. The summed E-state index contributed by atoms with van der Waals surface area (Å²) in [5.41, 5.74) is 1.36. The third kappa shape index (κ3) is 5.76. The molecule has 0 aliphatic heterocycles. The molecule has 0 radical (unpaired) electrons. The number of amides is 2. The zero-order valence-electron chi connectivity index (χ0n) is 15.0. The third-order valence-corrected chi connectivity index (χ3v) is 4.75. The second-order valence-corrected chi connectivity index (χ2v) is 7.33. The summed E-state index contributed by atoms with van der Waals surface area (Å²) in [6, 6.07) is 19.1. The molecule has 0 heterocycles. The molecule has 0 bridgehead atoms. The first kappa shape index (κ1) is 20.8. The van der Waals surface area contributed by atoms with E-state index in [4.69, 9.17) is 11.6 Å². The van der Waals surface area contributed by atoms with Gasteiger partial charge >= 0.3 is 0 Å². The Labute approximate surface area is 180 Å². The lowest BCUT2D eigenvalue weighted by atomic mass is 10.1. The average Bonchev–Trinajstić information content (AvgIpc) is 2.71. The predicted molar refractivity (Wildman–Crippen MR) is 116 cm³/mol. The van der Waals surface area contributed by atoms with Crippen LogP contribution in [0.4, 0.5) is 10.1 Å². The van der Waals surface area contributed by atoms with E-state index >= 15 is 0 Å². The molecule has 0 aliphatic carbocycles.